The fourth-order valence-electron chi connectivity index (χ4n) is 1.55. The summed E-state index contributed by atoms with van der Waals surface area (Å²) in [5, 5.41) is 9.99. The van der Waals surface area contributed by atoms with Crippen LogP contribution in [0.1, 0.15) is 29.2 Å². The number of aliphatic hydroxyl groups excluding tert-OH is 1. The van der Waals surface area contributed by atoms with E-state index in [2.05, 4.69) is 4.98 Å². The van der Waals surface area contributed by atoms with Crippen molar-refractivity contribution < 1.29 is 13.9 Å². The van der Waals surface area contributed by atoms with Gasteiger partial charge in [-0.25, -0.2) is 8.78 Å². The molecule has 1 unspecified atom stereocenters. The third-order valence-corrected chi connectivity index (χ3v) is 2.50. The van der Waals surface area contributed by atoms with Crippen molar-refractivity contribution in [2.24, 2.45) is 0 Å². The average Bonchev–Trinajstić information content (AvgIpc) is 2.39. The lowest BCUT2D eigenvalue weighted by Crippen LogP contribution is -2.00. The van der Waals surface area contributed by atoms with Crippen molar-refractivity contribution >= 4 is 0 Å². The molecule has 1 aromatic carbocycles. The summed E-state index contributed by atoms with van der Waals surface area (Å²) in [6.07, 6.45) is -0.169. The van der Waals surface area contributed by atoms with Gasteiger partial charge in [0.25, 0.3) is 6.43 Å². The van der Waals surface area contributed by atoms with Gasteiger partial charge in [0.2, 0.25) is 0 Å². The van der Waals surface area contributed by atoms with Crippen LogP contribution in [0.5, 0.6) is 0 Å². The van der Waals surface area contributed by atoms with Crippen LogP contribution in [-0.2, 0) is 0 Å². The quantitative estimate of drug-likeness (QED) is 0.886. The van der Waals surface area contributed by atoms with Gasteiger partial charge >= 0.3 is 0 Å². The van der Waals surface area contributed by atoms with E-state index in [0.29, 0.717) is 11.1 Å². The molecule has 1 atom stereocenters. The van der Waals surface area contributed by atoms with E-state index >= 15 is 0 Å². The highest BCUT2D eigenvalue weighted by molar-refractivity contribution is 5.30. The summed E-state index contributed by atoms with van der Waals surface area (Å²) in [7, 11) is 0. The number of nitrogens with zero attached hydrogens (tertiary/aromatic N) is 1. The second-order valence-electron chi connectivity index (χ2n) is 3.66. The van der Waals surface area contributed by atoms with Gasteiger partial charge in [-0.05, 0) is 11.6 Å². The molecule has 0 saturated carbocycles. The largest absolute Gasteiger partial charge is 0.384 e. The number of hydrogen-bond donors (Lipinski definition) is 1. The number of aromatic nitrogens is 1. The van der Waals surface area contributed by atoms with Crippen molar-refractivity contribution in [2.75, 3.05) is 0 Å². The lowest BCUT2D eigenvalue weighted by molar-refractivity contribution is 0.151. The smallest absolute Gasteiger partial charge is 0.263 e. The molecular formula is C13H11F2NO. The molecule has 0 radical (unpaired) electrons. The molecule has 2 aromatic rings. The molecule has 1 heterocycles. The Morgan fingerprint density at radius 3 is 2.12 bits per heavy atom. The Balaban J connectivity index is 2.23. The van der Waals surface area contributed by atoms with E-state index in [1.807, 2.05) is 0 Å². The van der Waals surface area contributed by atoms with Crippen LogP contribution in [0.4, 0.5) is 8.78 Å². The summed E-state index contributed by atoms with van der Waals surface area (Å²) in [5.74, 6) is 0. The zero-order chi connectivity index (χ0) is 12.3. The van der Waals surface area contributed by atoms with Crippen LogP contribution in [0.25, 0.3) is 0 Å². The maximum absolute atomic E-state index is 12.4. The highest BCUT2D eigenvalue weighted by Gasteiger charge is 2.12. The monoisotopic (exact) mass is 235 g/mol. The highest BCUT2D eigenvalue weighted by atomic mass is 19.3. The van der Waals surface area contributed by atoms with Gasteiger partial charge in [0, 0.05) is 23.5 Å². The Kier molecular flexibility index (Phi) is 3.44. The molecule has 0 spiro atoms. The van der Waals surface area contributed by atoms with Gasteiger partial charge in [0.1, 0.15) is 6.10 Å². The standard InChI is InChI=1S/C13H11F2NO/c14-13(15)10-5-3-9(4-6-10)12(17)11-2-1-7-16-8-11/h1-8,12-13,17H. The first-order chi connectivity index (χ1) is 8.18. The molecule has 0 aliphatic rings. The Hall–Kier alpha value is -1.81. The van der Waals surface area contributed by atoms with E-state index in [-0.39, 0.29) is 5.56 Å². The Bertz CT molecular complexity index is 471. The Morgan fingerprint density at radius 2 is 1.59 bits per heavy atom. The zero-order valence-corrected chi connectivity index (χ0v) is 8.92. The molecule has 0 amide bonds. The zero-order valence-electron chi connectivity index (χ0n) is 8.92. The SMILES string of the molecule is OC(c1ccc(C(F)F)cc1)c1cccnc1. The predicted molar refractivity (Wildman–Crippen MR) is 59.7 cm³/mol. The van der Waals surface area contributed by atoms with Crippen LogP contribution >= 0.6 is 0 Å². The van der Waals surface area contributed by atoms with Gasteiger partial charge in [0.15, 0.2) is 0 Å². The van der Waals surface area contributed by atoms with Crippen molar-refractivity contribution in [2.45, 2.75) is 12.5 Å². The first-order valence-corrected chi connectivity index (χ1v) is 5.14. The maximum Gasteiger partial charge on any atom is 0.263 e. The van der Waals surface area contributed by atoms with Crippen LogP contribution < -0.4 is 0 Å². The minimum absolute atomic E-state index is 0.0489. The van der Waals surface area contributed by atoms with Gasteiger partial charge in [-0.2, -0.15) is 0 Å². The topological polar surface area (TPSA) is 33.1 Å². The molecule has 0 fully saturated rings. The second kappa shape index (κ2) is 5.01. The molecule has 88 valence electrons. The van der Waals surface area contributed by atoms with Crippen molar-refractivity contribution in [1.29, 1.82) is 0 Å². The number of pyridine rings is 1. The van der Waals surface area contributed by atoms with Crippen LogP contribution in [0, 0.1) is 0 Å². The Labute approximate surface area is 97.6 Å². The third kappa shape index (κ3) is 2.65. The third-order valence-electron chi connectivity index (χ3n) is 2.50. The molecule has 0 saturated heterocycles. The summed E-state index contributed by atoms with van der Waals surface area (Å²) in [4.78, 5) is 3.90. The van der Waals surface area contributed by atoms with E-state index in [9.17, 15) is 13.9 Å². The number of aliphatic hydroxyl groups is 1. The van der Waals surface area contributed by atoms with E-state index in [0.717, 1.165) is 0 Å². The normalized spacial score (nSPS) is 12.7. The van der Waals surface area contributed by atoms with Crippen LogP contribution in [-0.4, -0.2) is 10.1 Å². The predicted octanol–water partition coefficient (Wildman–Crippen LogP) is 3.10. The van der Waals surface area contributed by atoms with Gasteiger partial charge in [-0.15, -0.1) is 0 Å². The van der Waals surface area contributed by atoms with E-state index in [1.54, 1.807) is 24.5 Å². The molecule has 0 aliphatic heterocycles. The van der Waals surface area contributed by atoms with Gasteiger partial charge < -0.3 is 5.11 Å². The van der Waals surface area contributed by atoms with E-state index < -0.39 is 12.5 Å². The van der Waals surface area contributed by atoms with Crippen LogP contribution in [0.15, 0.2) is 48.8 Å². The number of alkyl halides is 2. The van der Waals surface area contributed by atoms with E-state index in [1.165, 1.54) is 24.3 Å². The van der Waals surface area contributed by atoms with Crippen LogP contribution in [0.3, 0.4) is 0 Å². The van der Waals surface area contributed by atoms with E-state index in [4.69, 9.17) is 0 Å². The Morgan fingerprint density at radius 1 is 0.941 bits per heavy atom. The number of hydrogen-bond acceptors (Lipinski definition) is 2. The molecule has 2 nitrogen and oxygen atoms in total. The first-order valence-electron chi connectivity index (χ1n) is 5.14. The summed E-state index contributed by atoms with van der Waals surface area (Å²) in [5.41, 5.74) is 1.16. The lowest BCUT2D eigenvalue weighted by Gasteiger charge is -2.11. The van der Waals surface area contributed by atoms with Gasteiger partial charge in [0.05, 0.1) is 0 Å². The number of halogens is 2. The molecule has 0 bridgehead atoms. The van der Waals surface area contributed by atoms with Crippen LogP contribution in [0.2, 0.25) is 0 Å². The van der Waals surface area contributed by atoms with Gasteiger partial charge in [-0.1, -0.05) is 30.3 Å². The molecule has 1 aromatic heterocycles. The maximum atomic E-state index is 12.4. The summed E-state index contributed by atoms with van der Waals surface area (Å²) < 4.78 is 24.7. The molecule has 2 rings (SSSR count). The fourth-order valence-corrected chi connectivity index (χ4v) is 1.55. The molecule has 1 N–H and O–H groups in total. The first kappa shape index (κ1) is 11.7. The summed E-state index contributed by atoms with van der Waals surface area (Å²) in [6.45, 7) is 0. The average molecular weight is 235 g/mol. The number of benzene rings is 1. The minimum Gasteiger partial charge on any atom is -0.384 e. The fraction of sp³-hybridized carbons (Fsp3) is 0.154. The minimum atomic E-state index is -2.49. The van der Waals surface area contributed by atoms with Gasteiger partial charge in [-0.3, -0.25) is 4.98 Å². The molecule has 4 heteroatoms. The van der Waals surface area contributed by atoms with Crippen molar-refractivity contribution in [3.8, 4) is 0 Å². The molecular weight excluding hydrogens is 224 g/mol. The molecule has 17 heavy (non-hydrogen) atoms. The summed E-state index contributed by atoms with van der Waals surface area (Å²) in [6, 6.07) is 9.09. The second-order valence-corrected chi connectivity index (χ2v) is 3.66. The highest BCUT2D eigenvalue weighted by Crippen LogP contribution is 2.24. The number of rotatable bonds is 3. The van der Waals surface area contributed by atoms with Crippen molar-refractivity contribution in [3.05, 3.63) is 65.5 Å². The van der Waals surface area contributed by atoms with Crippen molar-refractivity contribution in [3.63, 3.8) is 0 Å². The summed E-state index contributed by atoms with van der Waals surface area (Å²) >= 11 is 0. The molecule has 0 aliphatic carbocycles. The lowest BCUT2D eigenvalue weighted by atomic mass is 10.0. The van der Waals surface area contributed by atoms with Crippen molar-refractivity contribution in [1.82, 2.24) is 4.98 Å².